The average molecular weight is 358 g/mol. The Morgan fingerprint density at radius 2 is 2.00 bits per heavy atom. The standard InChI is InChI=1S/C14H18N2O7S/c15-14(19)9-1-3-10(4-2-9)24(20,21)16-11-7-22-6-5-12(11)23-8-13(17)18/h1-4,11-12,16H,5-8H2,(H2,15,19)(H,17,18)/t11-,12+/m1/s1. The summed E-state index contributed by atoms with van der Waals surface area (Å²) in [4.78, 5) is 21.6. The fraction of sp³-hybridized carbons (Fsp3) is 0.429. The topological polar surface area (TPSA) is 145 Å². The Kier molecular flexibility index (Phi) is 5.89. The van der Waals surface area contributed by atoms with Crippen LogP contribution in [0.1, 0.15) is 16.8 Å². The molecule has 10 heteroatoms. The lowest BCUT2D eigenvalue weighted by Crippen LogP contribution is -2.50. The van der Waals surface area contributed by atoms with E-state index in [1.807, 2.05) is 0 Å². The number of carboxylic acid groups (broad SMARTS) is 1. The number of primary amides is 1. The van der Waals surface area contributed by atoms with E-state index in [4.69, 9.17) is 20.3 Å². The predicted molar refractivity (Wildman–Crippen MR) is 81.9 cm³/mol. The van der Waals surface area contributed by atoms with Gasteiger partial charge in [0, 0.05) is 12.2 Å². The van der Waals surface area contributed by atoms with Gasteiger partial charge in [-0.05, 0) is 30.7 Å². The minimum Gasteiger partial charge on any atom is -0.480 e. The number of amides is 1. The van der Waals surface area contributed by atoms with Crippen LogP contribution in [0.25, 0.3) is 0 Å². The molecule has 132 valence electrons. The summed E-state index contributed by atoms with van der Waals surface area (Å²) in [6.07, 6.45) is -0.226. The summed E-state index contributed by atoms with van der Waals surface area (Å²) in [6.45, 7) is -0.0884. The third-order valence-electron chi connectivity index (χ3n) is 3.47. The first-order chi connectivity index (χ1) is 11.3. The maximum absolute atomic E-state index is 12.4. The van der Waals surface area contributed by atoms with Gasteiger partial charge >= 0.3 is 5.97 Å². The molecule has 1 aliphatic rings. The van der Waals surface area contributed by atoms with Gasteiger partial charge in [-0.15, -0.1) is 0 Å². The van der Waals surface area contributed by atoms with Crippen LogP contribution in [0.5, 0.6) is 0 Å². The van der Waals surface area contributed by atoms with E-state index in [-0.39, 0.29) is 17.1 Å². The van der Waals surface area contributed by atoms with Crippen LogP contribution in [0.2, 0.25) is 0 Å². The molecule has 24 heavy (non-hydrogen) atoms. The van der Waals surface area contributed by atoms with Crippen LogP contribution < -0.4 is 10.5 Å². The molecule has 0 spiro atoms. The van der Waals surface area contributed by atoms with Gasteiger partial charge in [0.1, 0.15) is 6.61 Å². The number of rotatable bonds is 7. The van der Waals surface area contributed by atoms with Crippen molar-refractivity contribution in [3.05, 3.63) is 29.8 Å². The second kappa shape index (κ2) is 7.71. The van der Waals surface area contributed by atoms with E-state index in [2.05, 4.69) is 4.72 Å². The highest BCUT2D eigenvalue weighted by Gasteiger charge is 2.31. The van der Waals surface area contributed by atoms with Crippen LogP contribution in [0, 0.1) is 0 Å². The molecule has 0 unspecified atom stereocenters. The fourth-order valence-corrected chi connectivity index (χ4v) is 3.52. The highest BCUT2D eigenvalue weighted by Crippen LogP contribution is 2.16. The summed E-state index contributed by atoms with van der Waals surface area (Å²) >= 11 is 0. The van der Waals surface area contributed by atoms with Gasteiger partial charge in [-0.3, -0.25) is 4.79 Å². The van der Waals surface area contributed by atoms with E-state index < -0.39 is 40.7 Å². The smallest absolute Gasteiger partial charge is 0.329 e. The van der Waals surface area contributed by atoms with Gasteiger partial charge in [-0.2, -0.15) is 0 Å². The molecule has 0 radical (unpaired) electrons. The van der Waals surface area contributed by atoms with Crippen LogP contribution in [0.15, 0.2) is 29.2 Å². The number of hydrogen-bond acceptors (Lipinski definition) is 6. The van der Waals surface area contributed by atoms with Crippen molar-refractivity contribution in [3.8, 4) is 0 Å². The molecule has 0 saturated carbocycles. The monoisotopic (exact) mass is 358 g/mol. The third kappa shape index (κ3) is 4.74. The van der Waals surface area contributed by atoms with Crippen LogP contribution in [-0.2, 0) is 24.3 Å². The summed E-state index contributed by atoms with van der Waals surface area (Å²) in [6, 6.07) is 4.44. The van der Waals surface area contributed by atoms with Crippen molar-refractivity contribution in [2.45, 2.75) is 23.5 Å². The second-order valence-electron chi connectivity index (χ2n) is 5.22. The highest BCUT2D eigenvalue weighted by atomic mass is 32.2. The summed E-state index contributed by atoms with van der Waals surface area (Å²) in [5.74, 6) is -1.79. The Morgan fingerprint density at radius 1 is 1.33 bits per heavy atom. The van der Waals surface area contributed by atoms with Gasteiger partial charge in [-0.25, -0.2) is 17.9 Å². The number of benzene rings is 1. The van der Waals surface area contributed by atoms with E-state index >= 15 is 0 Å². The number of nitrogens with two attached hydrogens (primary N) is 1. The van der Waals surface area contributed by atoms with Crippen LogP contribution in [0.4, 0.5) is 0 Å². The minimum absolute atomic E-state index is 0.0462. The first-order valence-corrected chi connectivity index (χ1v) is 8.61. The van der Waals surface area contributed by atoms with Crippen molar-refractivity contribution in [3.63, 3.8) is 0 Å². The molecular weight excluding hydrogens is 340 g/mol. The maximum Gasteiger partial charge on any atom is 0.329 e. The molecule has 1 heterocycles. The zero-order valence-electron chi connectivity index (χ0n) is 12.7. The molecule has 1 aliphatic heterocycles. The largest absolute Gasteiger partial charge is 0.480 e. The minimum atomic E-state index is -3.88. The fourth-order valence-electron chi connectivity index (χ4n) is 2.27. The zero-order valence-corrected chi connectivity index (χ0v) is 13.5. The van der Waals surface area contributed by atoms with Gasteiger partial charge < -0.3 is 20.3 Å². The van der Waals surface area contributed by atoms with Crippen LogP contribution in [-0.4, -0.2) is 57.4 Å². The second-order valence-corrected chi connectivity index (χ2v) is 6.94. The van der Waals surface area contributed by atoms with Crippen LogP contribution in [0.3, 0.4) is 0 Å². The number of aliphatic carboxylic acids is 1. The van der Waals surface area contributed by atoms with E-state index in [1.54, 1.807) is 0 Å². The van der Waals surface area contributed by atoms with E-state index in [0.29, 0.717) is 13.0 Å². The average Bonchev–Trinajstić information content (AvgIpc) is 2.53. The summed E-state index contributed by atoms with van der Waals surface area (Å²) in [7, 11) is -3.88. The Hall–Kier alpha value is -2.01. The number of nitrogens with one attached hydrogen (secondary N) is 1. The maximum atomic E-state index is 12.4. The van der Waals surface area contributed by atoms with Crippen LogP contribution >= 0.6 is 0 Å². The van der Waals surface area contributed by atoms with Crippen molar-refractivity contribution in [2.75, 3.05) is 19.8 Å². The van der Waals surface area contributed by atoms with Gasteiger partial charge in [0.05, 0.1) is 23.6 Å². The molecule has 4 N–H and O–H groups in total. The van der Waals surface area contributed by atoms with Gasteiger partial charge in [-0.1, -0.05) is 0 Å². The molecule has 0 aromatic heterocycles. The van der Waals surface area contributed by atoms with E-state index in [0.717, 1.165) is 0 Å². The SMILES string of the molecule is NC(=O)c1ccc(S(=O)(=O)N[C@@H]2COCC[C@@H]2OCC(=O)O)cc1. The Balaban J connectivity index is 2.10. The molecule has 1 aromatic carbocycles. The summed E-state index contributed by atoms with van der Waals surface area (Å²) in [5.41, 5.74) is 5.31. The molecule has 1 fully saturated rings. The third-order valence-corrected chi connectivity index (χ3v) is 4.98. The lowest BCUT2D eigenvalue weighted by atomic mass is 10.1. The molecule has 2 rings (SSSR count). The lowest BCUT2D eigenvalue weighted by Gasteiger charge is -2.31. The number of carbonyl (C=O) groups excluding carboxylic acids is 1. The van der Waals surface area contributed by atoms with Gasteiger partial charge in [0.2, 0.25) is 15.9 Å². The first kappa shape index (κ1) is 18.3. The Bertz CT molecular complexity index is 702. The molecule has 9 nitrogen and oxygen atoms in total. The quantitative estimate of drug-likeness (QED) is 0.585. The number of sulfonamides is 1. The number of ether oxygens (including phenoxy) is 2. The molecule has 2 atom stereocenters. The first-order valence-electron chi connectivity index (χ1n) is 7.13. The van der Waals surface area contributed by atoms with Gasteiger partial charge in [0.25, 0.3) is 0 Å². The van der Waals surface area contributed by atoms with E-state index in [1.165, 1.54) is 24.3 Å². The van der Waals surface area contributed by atoms with Crippen molar-refractivity contribution < 1.29 is 32.6 Å². The summed E-state index contributed by atoms with van der Waals surface area (Å²) < 4.78 is 37.7. The lowest BCUT2D eigenvalue weighted by molar-refractivity contribution is -0.147. The number of hydrogen-bond donors (Lipinski definition) is 3. The highest BCUT2D eigenvalue weighted by molar-refractivity contribution is 7.89. The normalized spacial score (nSPS) is 21.3. The van der Waals surface area contributed by atoms with Crippen molar-refractivity contribution in [1.29, 1.82) is 0 Å². The zero-order chi connectivity index (χ0) is 17.7. The Labute approximate surface area is 138 Å². The predicted octanol–water partition coefficient (Wildman–Crippen LogP) is -0.677. The molecule has 1 aromatic rings. The molecule has 1 amide bonds. The molecular formula is C14H18N2O7S. The molecule has 0 bridgehead atoms. The van der Waals surface area contributed by atoms with Crippen molar-refractivity contribution >= 4 is 21.9 Å². The van der Waals surface area contributed by atoms with Crippen molar-refractivity contribution in [1.82, 2.24) is 4.72 Å². The van der Waals surface area contributed by atoms with Crippen molar-refractivity contribution in [2.24, 2.45) is 5.73 Å². The molecule has 0 aliphatic carbocycles. The summed E-state index contributed by atoms with van der Waals surface area (Å²) in [5, 5.41) is 8.68. The number of carbonyl (C=O) groups is 2. The molecule has 1 saturated heterocycles. The number of carboxylic acids is 1. The Morgan fingerprint density at radius 3 is 2.58 bits per heavy atom. The van der Waals surface area contributed by atoms with E-state index in [9.17, 15) is 18.0 Å². The van der Waals surface area contributed by atoms with Gasteiger partial charge in [0.15, 0.2) is 0 Å².